The van der Waals surface area contributed by atoms with Crippen molar-refractivity contribution in [2.45, 2.75) is 12.5 Å². The van der Waals surface area contributed by atoms with Crippen LogP contribution in [0.15, 0.2) is 42.5 Å². The van der Waals surface area contributed by atoms with Crippen LogP contribution in [0.3, 0.4) is 0 Å². The zero-order valence-electron chi connectivity index (χ0n) is 9.17. The summed E-state index contributed by atoms with van der Waals surface area (Å²) >= 11 is 0. The molecular formula is C13H16N2O. The van der Waals surface area contributed by atoms with Crippen molar-refractivity contribution in [2.24, 2.45) is 5.73 Å². The summed E-state index contributed by atoms with van der Waals surface area (Å²) < 4.78 is 0. The molecule has 0 saturated carbocycles. The zero-order chi connectivity index (χ0) is 11.4. The van der Waals surface area contributed by atoms with Crippen molar-refractivity contribution in [3.63, 3.8) is 0 Å². The highest BCUT2D eigenvalue weighted by Crippen LogP contribution is 2.14. The molecule has 2 N–H and O–H groups in total. The van der Waals surface area contributed by atoms with Crippen LogP contribution in [0.1, 0.15) is 18.0 Å². The molecule has 3 nitrogen and oxygen atoms in total. The Hall–Kier alpha value is -1.61. The van der Waals surface area contributed by atoms with E-state index >= 15 is 0 Å². The second-order valence-electron chi connectivity index (χ2n) is 3.93. The van der Waals surface area contributed by atoms with Crippen molar-refractivity contribution in [2.75, 3.05) is 13.1 Å². The Morgan fingerprint density at radius 3 is 2.62 bits per heavy atom. The van der Waals surface area contributed by atoms with Crippen molar-refractivity contribution < 1.29 is 4.79 Å². The maximum atomic E-state index is 12.1. The van der Waals surface area contributed by atoms with E-state index in [9.17, 15) is 4.79 Å². The molecular weight excluding hydrogens is 200 g/mol. The molecule has 0 saturated heterocycles. The number of nitrogens with zero attached hydrogens (tertiary/aromatic N) is 1. The van der Waals surface area contributed by atoms with Crippen molar-refractivity contribution in [1.29, 1.82) is 0 Å². The molecule has 1 heterocycles. The molecule has 16 heavy (non-hydrogen) atoms. The van der Waals surface area contributed by atoms with Crippen molar-refractivity contribution >= 4 is 5.91 Å². The minimum absolute atomic E-state index is 0.00977. The number of hydrogen-bond acceptors (Lipinski definition) is 2. The predicted octanol–water partition coefficient (Wildman–Crippen LogP) is 1.47. The Labute approximate surface area is 95.6 Å². The van der Waals surface area contributed by atoms with Crippen LogP contribution in [0.5, 0.6) is 0 Å². The summed E-state index contributed by atoms with van der Waals surface area (Å²) in [7, 11) is 0. The molecule has 1 aliphatic rings. The van der Waals surface area contributed by atoms with Gasteiger partial charge in [0.1, 0.15) is 6.04 Å². The van der Waals surface area contributed by atoms with E-state index in [1.165, 1.54) is 0 Å². The van der Waals surface area contributed by atoms with Crippen molar-refractivity contribution in [1.82, 2.24) is 4.90 Å². The Morgan fingerprint density at radius 1 is 1.25 bits per heavy atom. The van der Waals surface area contributed by atoms with Gasteiger partial charge in [0, 0.05) is 13.1 Å². The summed E-state index contributed by atoms with van der Waals surface area (Å²) in [5.41, 5.74) is 6.83. The summed E-state index contributed by atoms with van der Waals surface area (Å²) in [6.45, 7) is 1.45. The molecule has 1 amide bonds. The van der Waals surface area contributed by atoms with Gasteiger partial charge in [0.15, 0.2) is 0 Å². The minimum atomic E-state index is -0.535. The first-order chi connectivity index (χ1) is 7.79. The Balaban J connectivity index is 2.07. The Morgan fingerprint density at radius 2 is 2.00 bits per heavy atom. The molecule has 84 valence electrons. The van der Waals surface area contributed by atoms with Gasteiger partial charge in [-0.25, -0.2) is 0 Å². The highest BCUT2D eigenvalue weighted by Gasteiger charge is 2.21. The van der Waals surface area contributed by atoms with Gasteiger partial charge in [-0.3, -0.25) is 4.79 Å². The number of amides is 1. The van der Waals surface area contributed by atoms with Gasteiger partial charge in [0.25, 0.3) is 0 Å². The van der Waals surface area contributed by atoms with E-state index in [1.54, 1.807) is 4.90 Å². The summed E-state index contributed by atoms with van der Waals surface area (Å²) in [6.07, 6.45) is 5.03. The first-order valence-electron chi connectivity index (χ1n) is 5.53. The lowest BCUT2D eigenvalue weighted by Crippen LogP contribution is -2.40. The van der Waals surface area contributed by atoms with Gasteiger partial charge in [-0.15, -0.1) is 0 Å². The predicted molar refractivity (Wildman–Crippen MR) is 63.7 cm³/mol. The van der Waals surface area contributed by atoms with E-state index < -0.39 is 6.04 Å². The molecule has 0 aliphatic carbocycles. The maximum absolute atomic E-state index is 12.1. The number of hydrogen-bond donors (Lipinski definition) is 1. The van der Waals surface area contributed by atoms with Gasteiger partial charge < -0.3 is 10.6 Å². The monoisotopic (exact) mass is 216 g/mol. The fourth-order valence-corrected chi connectivity index (χ4v) is 1.84. The van der Waals surface area contributed by atoms with E-state index in [4.69, 9.17) is 5.73 Å². The van der Waals surface area contributed by atoms with Gasteiger partial charge in [-0.05, 0) is 12.0 Å². The van der Waals surface area contributed by atoms with Crippen LogP contribution >= 0.6 is 0 Å². The van der Waals surface area contributed by atoms with E-state index in [0.717, 1.165) is 18.5 Å². The number of carbonyl (C=O) groups is 1. The molecule has 0 bridgehead atoms. The second-order valence-corrected chi connectivity index (χ2v) is 3.93. The van der Waals surface area contributed by atoms with Crippen molar-refractivity contribution in [3.05, 3.63) is 48.0 Å². The molecule has 0 spiro atoms. The minimum Gasteiger partial charge on any atom is -0.337 e. The van der Waals surface area contributed by atoms with Gasteiger partial charge in [0.05, 0.1) is 0 Å². The molecule has 2 rings (SSSR count). The Kier molecular flexibility index (Phi) is 3.37. The molecule has 0 radical (unpaired) electrons. The third-order valence-corrected chi connectivity index (χ3v) is 2.79. The lowest BCUT2D eigenvalue weighted by molar-refractivity contribution is -0.132. The molecule has 1 atom stereocenters. The summed E-state index contributed by atoms with van der Waals surface area (Å²) in [4.78, 5) is 13.9. The smallest absolute Gasteiger partial charge is 0.244 e. The van der Waals surface area contributed by atoms with Crippen LogP contribution in [-0.2, 0) is 4.79 Å². The van der Waals surface area contributed by atoms with Crippen LogP contribution in [0.2, 0.25) is 0 Å². The van der Waals surface area contributed by atoms with Gasteiger partial charge in [-0.1, -0.05) is 42.5 Å². The number of rotatable bonds is 2. The second kappa shape index (κ2) is 4.94. The average molecular weight is 216 g/mol. The highest BCUT2D eigenvalue weighted by atomic mass is 16.2. The normalized spacial score (nSPS) is 17.2. The third-order valence-electron chi connectivity index (χ3n) is 2.79. The summed E-state index contributed by atoms with van der Waals surface area (Å²) in [5.74, 6) is 0.00977. The van der Waals surface area contributed by atoms with E-state index in [0.29, 0.717) is 6.54 Å². The average Bonchev–Trinajstić information content (AvgIpc) is 2.39. The Bertz CT molecular complexity index is 386. The number of nitrogens with two attached hydrogens (primary N) is 1. The van der Waals surface area contributed by atoms with Gasteiger partial charge >= 0.3 is 0 Å². The molecule has 0 aromatic heterocycles. The number of benzene rings is 1. The van der Waals surface area contributed by atoms with E-state index in [2.05, 4.69) is 6.08 Å². The highest BCUT2D eigenvalue weighted by molar-refractivity contribution is 5.83. The fraction of sp³-hybridized carbons (Fsp3) is 0.308. The standard InChI is InChI=1S/C13H16N2O/c14-12(11-7-3-1-4-8-11)13(16)15-9-5-2-6-10-15/h1-5,7-8,12H,6,9-10,14H2. The lowest BCUT2D eigenvalue weighted by atomic mass is 10.1. The largest absolute Gasteiger partial charge is 0.337 e. The number of carbonyl (C=O) groups excluding carboxylic acids is 1. The molecule has 1 unspecified atom stereocenters. The van der Waals surface area contributed by atoms with Crippen LogP contribution in [-0.4, -0.2) is 23.9 Å². The summed E-state index contributed by atoms with van der Waals surface area (Å²) in [5, 5.41) is 0. The van der Waals surface area contributed by atoms with Gasteiger partial charge in [0.2, 0.25) is 5.91 Å². The first kappa shape index (κ1) is 10.9. The van der Waals surface area contributed by atoms with Crippen molar-refractivity contribution in [3.8, 4) is 0 Å². The third kappa shape index (κ3) is 2.31. The zero-order valence-corrected chi connectivity index (χ0v) is 9.17. The molecule has 1 aromatic rings. The SMILES string of the molecule is NC(C(=O)N1CC=CCC1)c1ccccc1. The van der Waals surface area contributed by atoms with Crippen LogP contribution in [0.25, 0.3) is 0 Å². The van der Waals surface area contributed by atoms with Crippen LogP contribution < -0.4 is 5.73 Å². The topological polar surface area (TPSA) is 46.3 Å². The van der Waals surface area contributed by atoms with Crippen LogP contribution in [0.4, 0.5) is 0 Å². The molecule has 3 heteroatoms. The molecule has 1 aliphatic heterocycles. The van der Waals surface area contributed by atoms with E-state index in [1.807, 2.05) is 36.4 Å². The van der Waals surface area contributed by atoms with Crippen LogP contribution in [0, 0.1) is 0 Å². The lowest BCUT2D eigenvalue weighted by Gasteiger charge is -2.26. The maximum Gasteiger partial charge on any atom is 0.244 e. The molecule has 0 fully saturated rings. The first-order valence-corrected chi connectivity index (χ1v) is 5.53. The summed E-state index contributed by atoms with van der Waals surface area (Å²) in [6, 6.07) is 8.97. The van der Waals surface area contributed by atoms with Gasteiger partial charge in [-0.2, -0.15) is 0 Å². The van der Waals surface area contributed by atoms with E-state index in [-0.39, 0.29) is 5.91 Å². The quantitative estimate of drug-likeness (QED) is 0.761. The fourth-order valence-electron chi connectivity index (χ4n) is 1.84. The molecule has 1 aromatic carbocycles.